The predicted octanol–water partition coefficient (Wildman–Crippen LogP) is 3.66. The molecule has 0 fully saturated rings. The third-order valence-electron chi connectivity index (χ3n) is 3.64. The molecule has 0 saturated carbocycles. The van der Waals surface area contributed by atoms with Gasteiger partial charge in [0.15, 0.2) is 11.5 Å². The molecule has 1 aromatic heterocycles. The van der Waals surface area contributed by atoms with Crippen molar-refractivity contribution in [2.75, 3.05) is 13.2 Å². The molecule has 1 aliphatic rings. The van der Waals surface area contributed by atoms with Crippen molar-refractivity contribution < 1.29 is 9.47 Å². The molecular formula is C16H13ClN2O2. The minimum Gasteiger partial charge on any atom is -0.486 e. The van der Waals surface area contributed by atoms with Gasteiger partial charge in [-0.05, 0) is 36.4 Å². The summed E-state index contributed by atoms with van der Waals surface area (Å²) in [5.41, 5.74) is 2.92. The zero-order valence-electron chi connectivity index (χ0n) is 11.5. The van der Waals surface area contributed by atoms with Gasteiger partial charge in [-0.15, -0.1) is 0 Å². The van der Waals surface area contributed by atoms with E-state index >= 15 is 0 Å². The van der Waals surface area contributed by atoms with E-state index in [2.05, 4.69) is 9.55 Å². The number of nitrogens with zero attached hydrogens (tertiary/aromatic N) is 2. The van der Waals surface area contributed by atoms with Crippen LogP contribution in [0.15, 0.2) is 36.4 Å². The third kappa shape index (κ3) is 2.03. The van der Waals surface area contributed by atoms with Gasteiger partial charge in [-0.1, -0.05) is 11.6 Å². The van der Waals surface area contributed by atoms with Crippen LogP contribution in [0.3, 0.4) is 0 Å². The number of hydrogen-bond donors (Lipinski definition) is 0. The van der Waals surface area contributed by atoms with Gasteiger partial charge < -0.3 is 14.0 Å². The van der Waals surface area contributed by atoms with E-state index in [4.69, 9.17) is 21.1 Å². The molecule has 4 rings (SSSR count). The molecule has 0 saturated heterocycles. The highest BCUT2D eigenvalue weighted by molar-refractivity contribution is 6.31. The van der Waals surface area contributed by atoms with Gasteiger partial charge >= 0.3 is 0 Å². The van der Waals surface area contributed by atoms with Crippen molar-refractivity contribution in [3.63, 3.8) is 0 Å². The van der Waals surface area contributed by atoms with Gasteiger partial charge in [-0.2, -0.15) is 0 Å². The Balaban J connectivity index is 1.88. The van der Waals surface area contributed by atoms with Gasteiger partial charge in [-0.3, -0.25) is 0 Å². The van der Waals surface area contributed by atoms with E-state index < -0.39 is 0 Å². The lowest BCUT2D eigenvalue weighted by molar-refractivity contribution is 0.171. The van der Waals surface area contributed by atoms with E-state index in [1.807, 2.05) is 43.4 Å². The second-order valence-corrected chi connectivity index (χ2v) is 5.42. The summed E-state index contributed by atoms with van der Waals surface area (Å²) in [4.78, 5) is 4.67. The lowest BCUT2D eigenvalue weighted by Gasteiger charge is -2.18. The zero-order valence-corrected chi connectivity index (χ0v) is 12.2. The van der Waals surface area contributed by atoms with Crippen molar-refractivity contribution in [3.8, 4) is 22.9 Å². The Bertz CT molecular complexity index is 842. The maximum atomic E-state index is 6.04. The van der Waals surface area contributed by atoms with Crippen LogP contribution in [0.4, 0.5) is 0 Å². The summed E-state index contributed by atoms with van der Waals surface area (Å²) < 4.78 is 13.2. The average Bonchev–Trinajstić information content (AvgIpc) is 2.83. The number of ether oxygens (including phenoxy) is 2. The summed E-state index contributed by atoms with van der Waals surface area (Å²) in [6, 6.07) is 11.6. The highest BCUT2D eigenvalue weighted by atomic mass is 35.5. The second-order valence-electron chi connectivity index (χ2n) is 4.99. The van der Waals surface area contributed by atoms with Gasteiger partial charge in [0.05, 0.1) is 11.0 Å². The summed E-state index contributed by atoms with van der Waals surface area (Å²) in [6.45, 7) is 1.17. The molecule has 106 valence electrons. The quantitative estimate of drug-likeness (QED) is 0.688. The van der Waals surface area contributed by atoms with Crippen LogP contribution in [0.25, 0.3) is 22.4 Å². The maximum absolute atomic E-state index is 6.04. The van der Waals surface area contributed by atoms with Crippen LogP contribution in [0.1, 0.15) is 0 Å². The molecule has 0 spiro atoms. The minimum absolute atomic E-state index is 0.578. The average molecular weight is 301 g/mol. The monoisotopic (exact) mass is 300 g/mol. The standard InChI is InChI=1S/C16H13ClN2O2/c1-19-13-4-3-11(17)9-12(13)18-16(19)10-2-5-14-15(8-10)21-7-6-20-14/h2-5,8-9H,6-7H2,1H3. The molecule has 0 unspecified atom stereocenters. The minimum atomic E-state index is 0.578. The van der Waals surface area contributed by atoms with Crippen molar-refractivity contribution >= 4 is 22.6 Å². The Morgan fingerprint density at radius 2 is 1.86 bits per heavy atom. The fourth-order valence-electron chi connectivity index (χ4n) is 2.61. The van der Waals surface area contributed by atoms with Crippen LogP contribution in [-0.4, -0.2) is 22.8 Å². The second kappa shape index (κ2) is 4.67. The summed E-state index contributed by atoms with van der Waals surface area (Å²) in [5.74, 6) is 2.43. The lowest BCUT2D eigenvalue weighted by atomic mass is 10.2. The number of imidazole rings is 1. The summed E-state index contributed by atoms with van der Waals surface area (Å²) >= 11 is 6.04. The van der Waals surface area contributed by atoms with Gasteiger partial charge in [0.25, 0.3) is 0 Å². The van der Waals surface area contributed by atoms with Crippen molar-refractivity contribution in [3.05, 3.63) is 41.4 Å². The topological polar surface area (TPSA) is 36.3 Å². The van der Waals surface area contributed by atoms with Crippen LogP contribution in [0.2, 0.25) is 5.02 Å². The van der Waals surface area contributed by atoms with Crippen molar-refractivity contribution in [1.82, 2.24) is 9.55 Å². The van der Waals surface area contributed by atoms with Gasteiger partial charge in [-0.25, -0.2) is 4.98 Å². The Hall–Kier alpha value is -2.20. The van der Waals surface area contributed by atoms with E-state index in [0.717, 1.165) is 33.9 Å². The first-order chi connectivity index (χ1) is 10.2. The molecule has 2 aromatic carbocycles. The number of benzene rings is 2. The van der Waals surface area contributed by atoms with Crippen molar-refractivity contribution in [2.45, 2.75) is 0 Å². The SMILES string of the molecule is Cn1c(-c2ccc3c(c2)OCCO3)nc2cc(Cl)ccc21. The first-order valence-corrected chi connectivity index (χ1v) is 7.12. The van der Waals surface area contributed by atoms with Gasteiger partial charge in [0, 0.05) is 17.6 Å². The van der Waals surface area contributed by atoms with Crippen LogP contribution in [0, 0.1) is 0 Å². The number of hydrogen-bond acceptors (Lipinski definition) is 3. The van der Waals surface area contributed by atoms with Gasteiger partial charge in [0.1, 0.15) is 19.0 Å². The lowest BCUT2D eigenvalue weighted by Crippen LogP contribution is -2.15. The van der Waals surface area contributed by atoms with Crippen molar-refractivity contribution in [1.29, 1.82) is 0 Å². The van der Waals surface area contributed by atoms with Gasteiger partial charge in [0.2, 0.25) is 0 Å². The smallest absolute Gasteiger partial charge is 0.162 e. The molecule has 0 aliphatic carbocycles. The molecule has 0 bridgehead atoms. The third-order valence-corrected chi connectivity index (χ3v) is 3.88. The largest absolute Gasteiger partial charge is 0.486 e. The predicted molar refractivity (Wildman–Crippen MR) is 82.2 cm³/mol. The van der Waals surface area contributed by atoms with Crippen LogP contribution in [-0.2, 0) is 7.05 Å². The number of halogens is 1. The van der Waals surface area contributed by atoms with E-state index in [1.165, 1.54) is 0 Å². The molecule has 0 N–H and O–H groups in total. The van der Waals surface area contributed by atoms with Crippen LogP contribution < -0.4 is 9.47 Å². The molecule has 21 heavy (non-hydrogen) atoms. The van der Waals surface area contributed by atoms with E-state index in [1.54, 1.807) is 0 Å². The summed E-state index contributed by atoms with van der Waals surface area (Å²) in [6.07, 6.45) is 0. The number of aromatic nitrogens is 2. The van der Waals surface area contributed by atoms with E-state index in [9.17, 15) is 0 Å². The molecule has 4 nitrogen and oxygen atoms in total. The summed E-state index contributed by atoms with van der Waals surface area (Å²) in [7, 11) is 2.00. The maximum Gasteiger partial charge on any atom is 0.162 e. The number of rotatable bonds is 1. The first kappa shape index (κ1) is 12.5. The molecule has 0 radical (unpaired) electrons. The normalized spacial score (nSPS) is 13.6. The van der Waals surface area contributed by atoms with E-state index in [0.29, 0.717) is 18.2 Å². The zero-order chi connectivity index (χ0) is 14.4. The molecule has 3 aromatic rings. The molecule has 0 amide bonds. The van der Waals surface area contributed by atoms with Crippen LogP contribution >= 0.6 is 11.6 Å². The Morgan fingerprint density at radius 3 is 2.71 bits per heavy atom. The summed E-state index contributed by atoms with van der Waals surface area (Å²) in [5, 5.41) is 0.689. The molecule has 5 heteroatoms. The fraction of sp³-hybridized carbons (Fsp3) is 0.188. The molecule has 2 heterocycles. The van der Waals surface area contributed by atoms with E-state index in [-0.39, 0.29) is 0 Å². The van der Waals surface area contributed by atoms with Crippen LogP contribution in [0.5, 0.6) is 11.5 Å². The Kier molecular flexibility index (Phi) is 2.79. The highest BCUT2D eigenvalue weighted by Gasteiger charge is 2.15. The first-order valence-electron chi connectivity index (χ1n) is 6.74. The highest BCUT2D eigenvalue weighted by Crippen LogP contribution is 2.35. The Labute approximate surface area is 126 Å². The number of aryl methyl sites for hydroxylation is 1. The molecule has 0 atom stereocenters. The number of fused-ring (bicyclic) bond motifs is 2. The fourth-order valence-corrected chi connectivity index (χ4v) is 2.78. The molecule has 1 aliphatic heterocycles. The molecular weight excluding hydrogens is 288 g/mol. The van der Waals surface area contributed by atoms with Crippen molar-refractivity contribution in [2.24, 2.45) is 7.05 Å². The Morgan fingerprint density at radius 1 is 1.05 bits per heavy atom.